The molecule has 4 rings (SSSR count). The zero-order valence-corrected chi connectivity index (χ0v) is 12.2. The summed E-state index contributed by atoms with van der Waals surface area (Å²) in [4.78, 5) is 21.4. The second-order valence-electron chi connectivity index (χ2n) is 5.86. The molecule has 110 valence electrons. The van der Waals surface area contributed by atoms with Crippen molar-refractivity contribution in [1.82, 2.24) is 24.1 Å². The lowest BCUT2D eigenvalue weighted by molar-refractivity contribution is 0.435. The van der Waals surface area contributed by atoms with Crippen LogP contribution in [0.4, 0.5) is 0 Å². The third kappa shape index (κ3) is 1.89. The highest BCUT2D eigenvalue weighted by molar-refractivity contribution is 5.72. The molecule has 1 aliphatic rings. The van der Waals surface area contributed by atoms with Crippen LogP contribution in [0, 0.1) is 0 Å². The van der Waals surface area contributed by atoms with Gasteiger partial charge < -0.3 is 4.57 Å². The third-order valence-corrected chi connectivity index (χ3v) is 4.58. The number of aromatic nitrogens is 5. The minimum absolute atomic E-state index is 0.0589. The van der Waals surface area contributed by atoms with E-state index in [9.17, 15) is 4.79 Å². The van der Waals surface area contributed by atoms with Gasteiger partial charge in [0.15, 0.2) is 16.8 Å². The molecule has 1 N–H and O–H groups in total. The van der Waals surface area contributed by atoms with Crippen LogP contribution in [-0.4, -0.2) is 24.1 Å². The zero-order chi connectivity index (χ0) is 14.4. The van der Waals surface area contributed by atoms with Gasteiger partial charge in [0.1, 0.15) is 0 Å². The van der Waals surface area contributed by atoms with Crippen LogP contribution in [0.15, 0.2) is 17.2 Å². The Bertz CT molecular complexity index is 850. The number of nitrogens with zero attached hydrogens (tertiary/aromatic N) is 4. The number of H-pyrrole nitrogens is 1. The van der Waals surface area contributed by atoms with Gasteiger partial charge in [0.05, 0.1) is 6.33 Å². The maximum Gasteiger partial charge on any atom is 0.298 e. The molecule has 3 aromatic rings. The Labute approximate surface area is 121 Å². The van der Waals surface area contributed by atoms with Crippen molar-refractivity contribution in [2.24, 2.45) is 0 Å². The SMILES string of the molecule is CCn1cnc2nc3cc(C4CCCCC4)[nH]n3c(=O)c21. The molecule has 6 heteroatoms. The van der Waals surface area contributed by atoms with E-state index in [1.54, 1.807) is 10.8 Å². The monoisotopic (exact) mass is 285 g/mol. The van der Waals surface area contributed by atoms with Crippen molar-refractivity contribution in [2.75, 3.05) is 0 Å². The van der Waals surface area contributed by atoms with Crippen LogP contribution in [0.3, 0.4) is 0 Å². The number of hydrogen-bond donors (Lipinski definition) is 1. The molecule has 21 heavy (non-hydrogen) atoms. The summed E-state index contributed by atoms with van der Waals surface area (Å²) in [7, 11) is 0. The summed E-state index contributed by atoms with van der Waals surface area (Å²) in [6, 6.07) is 2.02. The molecule has 0 aliphatic heterocycles. The Morgan fingerprint density at radius 1 is 1.33 bits per heavy atom. The first-order valence-corrected chi connectivity index (χ1v) is 7.74. The molecule has 1 saturated carbocycles. The highest BCUT2D eigenvalue weighted by Crippen LogP contribution is 2.31. The Kier molecular flexibility index (Phi) is 2.83. The second kappa shape index (κ2) is 4.72. The minimum Gasteiger partial charge on any atom is -0.325 e. The summed E-state index contributed by atoms with van der Waals surface area (Å²) in [5, 5.41) is 3.27. The normalized spacial score (nSPS) is 17.0. The Hall–Kier alpha value is -2.11. The van der Waals surface area contributed by atoms with Crippen molar-refractivity contribution in [3.8, 4) is 0 Å². The quantitative estimate of drug-likeness (QED) is 0.786. The maximum atomic E-state index is 12.7. The van der Waals surface area contributed by atoms with E-state index in [0.29, 0.717) is 22.7 Å². The number of imidazole rings is 1. The van der Waals surface area contributed by atoms with Crippen LogP contribution >= 0.6 is 0 Å². The average Bonchev–Trinajstić information content (AvgIpc) is 3.12. The van der Waals surface area contributed by atoms with E-state index in [4.69, 9.17) is 0 Å². The third-order valence-electron chi connectivity index (χ3n) is 4.58. The largest absolute Gasteiger partial charge is 0.325 e. The molecule has 0 spiro atoms. The lowest BCUT2D eigenvalue weighted by Crippen LogP contribution is -2.18. The lowest BCUT2D eigenvalue weighted by atomic mass is 9.87. The molecule has 3 heterocycles. The number of nitrogens with one attached hydrogen (secondary N) is 1. The molecule has 1 aliphatic carbocycles. The summed E-state index contributed by atoms with van der Waals surface area (Å²) >= 11 is 0. The number of aryl methyl sites for hydroxylation is 1. The van der Waals surface area contributed by atoms with Crippen LogP contribution in [0.5, 0.6) is 0 Å². The molecule has 0 radical (unpaired) electrons. The van der Waals surface area contributed by atoms with Gasteiger partial charge in [-0.05, 0) is 19.8 Å². The molecular formula is C15H19N5O. The van der Waals surface area contributed by atoms with Crippen molar-refractivity contribution in [1.29, 1.82) is 0 Å². The van der Waals surface area contributed by atoms with Crippen LogP contribution < -0.4 is 5.56 Å². The molecule has 6 nitrogen and oxygen atoms in total. The molecular weight excluding hydrogens is 266 g/mol. The van der Waals surface area contributed by atoms with E-state index < -0.39 is 0 Å². The van der Waals surface area contributed by atoms with E-state index in [2.05, 4.69) is 15.1 Å². The van der Waals surface area contributed by atoms with Gasteiger partial charge in [0.25, 0.3) is 5.56 Å². The Morgan fingerprint density at radius 3 is 2.90 bits per heavy atom. The summed E-state index contributed by atoms with van der Waals surface area (Å²) in [6.45, 7) is 2.72. The first-order chi connectivity index (χ1) is 10.3. The first-order valence-electron chi connectivity index (χ1n) is 7.74. The average molecular weight is 285 g/mol. The second-order valence-corrected chi connectivity index (χ2v) is 5.86. The van der Waals surface area contributed by atoms with Gasteiger partial charge in [-0.2, -0.15) is 4.52 Å². The topological polar surface area (TPSA) is 68.0 Å². The molecule has 3 aromatic heterocycles. The van der Waals surface area contributed by atoms with Crippen molar-refractivity contribution in [3.05, 3.63) is 28.4 Å². The van der Waals surface area contributed by atoms with Gasteiger partial charge in [-0.1, -0.05) is 19.3 Å². The fraction of sp³-hybridized carbons (Fsp3) is 0.533. The Balaban J connectivity index is 1.91. The van der Waals surface area contributed by atoms with Crippen LogP contribution in [0.1, 0.15) is 50.6 Å². The van der Waals surface area contributed by atoms with Crippen LogP contribution in [0.25, 0.3) is 16.8 Å². The summed E-state index contributed by atoms with van der Waals surface area (Å²) in [6.07, 6.45) is 7.94. The van der Waals surface area contributed by atoms with E-state index in [0.717, 1.165) is 12.2 Å². The van der Waals surface area contributed by atoms with Crippen molar-refractivity contribution in [3.63, 3.8) is 0 Å². The Morgan fingerprint density at radius 2 is 2.14 bits per heavy atom. The van der Waals surface area contributed by atoms with Crippen LogP contribution in [0.2, 0.25) is 0 Å². The summed E-state index contributed by atoms with van der Waals surface area (Å²) in [5.41, 5.74) is 2.86. The zero-order valence-electron chi connectivity index (χ0n) is 12.2. The molecule has 0 saturated heterocycles. The molecule has 0 amide bonds. The van der Waals surface area contributed by atoms with E-state index >= 15 is 0 Å². The van der Waals surface area contributed by atoms with Gasteiger partial charge in [-0.15, -0.1) is 0 Å². The fourth-order valence-electron chi connectivity index (χ4n) is 3.41. The smallest absolute Gasteiger partial charge is 0.298 e. The number of fused-ring (bicyclic) bond motifs is 2. The summed E-state index contributed by atoms with van der Waals surface area (Å²) in [5.74, 6) is 0.528. The van der Waals surface area contributed by atoms with E-state index in [1.807, 2.05) is 17.6 Å². The highest BCUT2D eigenvalue weighted by atomic mass is 16.1. The number of aromatic amines is 1. The van der Waals surface area contributed by atoms with Crippen molar-refractivity contribution >= 4 is 16.8 Å². The molecule has 0 unspecified atom stereocenters. The van der Waals surface area contributed by atoms with Gasteiger partial charge in [0, 0.05) is 24.2 Å². The lowest BCUT2D eigenvalue weighted by Gasteiger charge is -2.19. The highest BCUT2D eigenvalue weighted by Gasteiger charge is 2.19. The summed E-state index contributed by atoms with van der Waals surface area (Å²) < 4.78 is 3.42. The minimum atomic E-state index is -0.0589. The molecule has 0 bridgehead atoms. The van der Waals surface area contributed by atoms with Gasteiger partial charge in [0.2, 0.25) is 0 Å². The predicted molar refractivity (Wildman–Crippen MR) is 80.6 cm³/mol. The molecule has 0 aromatic carbocycles. The van der Waals surface area contributed by atoms with Crippen LogP contribution in [-0.2, 0) is 6.54 Å². The maximum absolute atomic E-state index is 12.7. The fourth-order valence-corrected chi connectivity index (χ4v) is 3.41. The molecule has 1 fully saturated rings. The number of rotatable bonds is 2. The number of hydrogen-bond acceptors (Lipinski definition) is 3. The van der Waals surface area contributed by atoms with Crippen molar-refractivity contribution in [2.45, 2.75) is 51.5 Å². The van der Waals surface area contributed by atoms with Gasteiger partial charge in [-0.25, -0.2) is 9.97 Å². The van der Waals surface area contributed by atoms with E-state index in [-0.39, 0.29) is 5.56 Å². The van der Waals surface area contributed by atoms with E-state index in [1.165, 1.54) is 32.1 Å². The van der Waals surface area contributed by atoms with Gasteiger partial charge in [-0.3, -0.25) is 9.89 Å². The van der Waals surface area contributed by atoms with Gasteiger partial charge >= 0.3 is 0 Å². The molecule has 0 atom stereocenters. The predicted octanol–water partition coefficient (Wildman–Crippen LogP) is 2.44. The standard InChI is InChI=1S/C15H19N5O/c1-2-19-9-16-14-13(19)15(21)20-12(17-14)8-11(18-20)10-6-4-3-5-7-10/h8-10,18H,2-7H2,1H3. The first kappa shape index (κ1) is 12.6. The van der Waals surface area contributed by atoms with Crippen molar-refractivity contribution < 1.29 is 0 Å².